The third-order valence-electron chi connectivity index (χ3n) is 3.57. The van der Waals surface area contributed by atoms with Crippen LogP contribution in [0.25, 0.3) is 0 Å². The third-order valence-corrected chi connectivity index (χ3v) is 3.89. The molecule has 0 saturated carbocycles. The average molecular weight is 268 g/mol. The van der Waals surface area contributed by atoms with Crippen molar-refractivity contribution in [2.75, 3.05) is 26.2 Å². The smallest absolute Gasteiger partial charge is 0.133 e. The van der Waals surface area contributed by atoms with E-state index in [1.165, 1.54) is 24.8 Å². The summed E-state index contributed by atoms with van der Waals surface area (Å²) < 4.78 is 0. The fourth-order valence-corrected chi connectivity index (χ4v) is 2.82. The van der Waals surface area contributed by atoms with Gasteiger partial charge in [-0.05, 0) is 12.5 Å². The summed E-state index contributed by atoms with van der Waals surface area (Å²) in [5.41, 5.74) is 1.19. The molecular weight excluding hydrogens is 246 g/mol. The lowest BCUT2D eigenvalue weighted by molar-refractivity contribution is 0.163. The molecule has 1 aromatic rings. The lowest BCUT2D eigenvalue weighted by Gasteiger charge is -2.35. The number of pyridine rings is 1. The van der Waals surface area contributed by atoms with E-state index in [1.807, 2.05) is 6.07 Å². The largest absolute Gasteiger partial charge is 0.314 e. The highest BCUT2D eigenvalue weighted by atomic mass is 35.5. The minimum absolute atomic E-state index is 0.424. The standard InChI is InChI=1S/C14H22ClN3/c1-2-3-6-13(18-10-8-16-9-11-18)12-5-4-7-17-14(12)15/h4-5,7,13,16H,2-3,6,8-11H2,1H3/t13-/m0/s1. The number of aromatic nitrogens is 1. The molecule has 1 fully saturated rings. The molecule has 18 heavy (non-hydrogen) atoms. The van der Waals surface area contributed by atoms with Crippen molar-refractivity contribution in [1.82, 2.24) is 15.2 Å². The lowest BCUT2D eigenvalue weighted by Crippen LogP contribution is -2.45. The van der Waals surface area contributed by atoms with Crippen LogP contribution in [0, 0.1) is 0 Å². The topological polar surface area (TPSA) is 28.2 Å². The van der Waals surface area contributed by atoms with Gasteiger partial charge in [-0.2, -0.15) is 0 Å². The quantitative estimate of drug-likeness (QED) is 0.832. The van der Waals surface area contributed by atoms with Gasteiger partial charge in [0, 0.05) is 44.0 Å². The summed E-state index contributed by atoms with van der Waals surface area (Å²) in [6.07, 6.45) is 5.39. The fraction of sp³-hybridized carbons (Fsp3) is 0.643. The van der Waals surface area contributed by atoms with Crippen LogP contribution in [0.15, 0.2) is 18.3 Å². The van der Waals surface area contributed by atoms with Crippen LogP contribution in [0.1, 0.15) is 37.8 Å². The Morgan fingerprint density at radius 2 is 2.22 bits per heavy atom. The van der Waals surface area contributed by atoms with Gasteiger partial charge in [-0.1, -0.05) is 37.4 Å². The Kier molecular flexibility index (Phi) is 5.42. The Balaban J connectivity index is 2.15. The summed E-state index contributed by atoms with van der Waals surface area (Å²) in [6, 6.07) is 4.54. The molecule has 0 aromatic carbocycles. The molecule has 0 bridgehead atoms. The number of rotatable bonds is 5. The van der Waals surface area contributed by atoms with Crippen molar-refractivity contribution < 1.29 is 0 Å². The normalized spacial score (nSPS) is 18.8. The van der Waals surface area contributed by atoms with E-state index in [0.29, 0.717) is 11.2 Å². The Hall–Kier alpha value is -0.640. The van der Waals surface area contributed by atoms with Crippen LogP contribution in [0.2, 0.25) is 5.15 Å². The molecule has 2 rings (SSSR count). The molecule has 0 unspecified atom stereocenters. The van der Waals surface area contributed by atoms with Gasteiger partial charge in [-0.25, -0.2) is 4.98 Å². The lowest BCUT2D eigenvalue weighted by atomic mass is 10.0. The molecular formula is C14H22ClN3. The highest BCUT2D eigenvalue weighted by molar-refractivity contribution is 6.30. The summed E-state index contributed by atoms with van der Waals surface area (Å²) in [5, 5.41) is 4.07. The SMILES string of the molecule is CCCC[C@@H](c1cccnc1Cl)N1CCNCC1. The monoisotopic (exact) mass is 267 g/mol. The third kappa shape index (κ3) is 3.44. The first kappa shape index (κ1) is 13.8. The van der Waals surface area contributed by atoms with E-state index < -0.39 is 0 Å². The van der Waals surface area contributed by atoms with Crippen molar-refractivity contribution in [2.24, 2.45) is 0 Å². The number of hydrogen-bond acceptors (Lipinski definition) is 3. The zero-order valence-corrected chi connectivity index (χ0v) is 11.8. The second kappa shape index (κ2) is 7.07. The number of unbranched alkanes of at least 4 members (excludes halogenated alkanes) is 1. The predicted molar refractivity (Wildman–Crippen MR) is 76.0 cm³/mol. The minimum Gasteiger partial charge on any atom is -0.314 e. The van der Waals surface area contributed by atoms with E-state index in [0.717, 1.165) is 26.2 Å². The molecule has 2 heterocycles. The zero-order chi connectivity index (χ0) is 12.8. The Morgan fingerprint density at radius 3 is 2.89 bits per heavy atom. The van der Waals surface area contributed by atoms with Gasteiger partial charge in [0.05, 0.1) is 0 Å². The molecule has 0 radical (unpaired) electrons. The maximum atomic E-state index is 6.26. The number of piperazine rings is 1. The number of nitrogens with zero attached hydrogens (tertiary/aromatic N) is 2. The molecule has 100 valence electrons. The summed E-state index contributed by atoms with van der Waals surface area (Å²) >= 11 is 6.26. The van der Waals surface area contributed by atoms with E-state index in [2.05, 4.69) is 28.2 Å². The number of hydrogen-bond donors (Lipinski definition) is 1. The van der Waals surface area contributed by atoms with Crippen molar-refractivity contribution >= 4 is 11.6 Å². The first-order valence-electron chi connectivity index (χ1n) is 6.88. The van der Waals surface area contributed by atoms with Crippen LogP contribution in [0.3, 0.4) is 0 Å². The van der Waals surface area contributed by atoms with Crippen LogP contribution in [0.4, 0.5) is 0 Å². The molecule has 0 aliphatic carbocycles. The van der Waals surface area contributed by atoms with E-state index >= 15 is 0 Å². The van der Waals surface area contributed by atoms with Crippen LogP contribution in [-0.2, 0) is 0 Å². The fourth-order valence-electron chi connectivity index (χ4n) is 2.57. The second-order valence-corrected chi connectivity index (χ2v) is 5.19. The van der Waals surface area contributed by atoms with Gasteiger partial charge in [0.2, 0.25) is 0 Å². The summed E-state index contributed by atoms with van der Waals surface area (Å²) in [7, 11) is 0. The Labute approximate surface area is 115 Å². The molecule has 1 N–H and O–H groups in total. The van der Waals surface area contributed by atoms with Crippen molar-refractivity contribution in [3.8, 4) is 0 Å². The van der Waals surface area contributed by atoms with Gasteiger partial charge >= 0.3 is 0 Å². The predicted octanol–water partition coefficient (Wildman–Crippen LogP) is 2.87. The molecule has 1 aromatic heterocycles. The van der Waals surface area contributed by atoms with E-state index in [-0.39, 0.29) is 0 Å². The molecule has 1 atom stereocenters. The van der Waals surface area contributed by atoms with Crippen molar-refractivity contribution in [3.05, 3.63) is 29.0 Å². The van der Waals surface area contributed by atoms with Gasteiger partial charge in [-0.15, -0.1) is 0 Å². The van der Waals surface area contributed by atoms with Crippen molar-refractivity contribution in [2.45, 2.75) is 32.2 Å². The second-order valence-electron chi connectivity index (χ2n) is 4.83. The van der Waals surface area contributed by atoms with E-state index in [9.17, 15) is 0 Å². The van der Waals surface area contributed by atoms with Crippen LogP contribution < -0.4 is 5.32 Å². The minimum atomic E-state index is 0.424. The Bertz CT molecular complexity index is 364. The van der Waals surface area contributed by atoms with E-state index in [1.54, 1.807) is 6.20 Å². The van der Waals surface area contributed by atoms with Gasteiger partial charge in [0.1, 0.15) is 5.15 Å². The molecule has 1 aliphatic rings. The maximum Gasteiger partial charge on any atom is 0.133 e. The molecule has 0 spiro atoms. The molecule has 4 heteroatoms. The van der Waals surface area contributed by atoms with Crippen molar-refractivity contribution in [3.63, 3.8) is 0 Å². The first-order valence-corrected chi connectivity index (χ1v) is 7.26. The number of halogens is 1. The zero-order valence-electron chi connectivity index (χ0n) is 11.0. The molecule has 0 amide bonds. The Morgan fingerprint density at radius 1 is 1.44 bits per heavy atom. The van der Waals surface area contributed by atoms with Gasteiger partial charge < -0.3 is 5.32 Å². The first-order chi connectivity index (χ1) is 8.83. The van der Waals surface area contributed by atoms with Crippen molar-refractivity contribution in [1.29, 1.82) is 0 Å². The van der Waals surface area contributed by atoms with Crippen LogP contribution in [0.5, 0.6) is 0 Å². The van der Waals surface area contributed by atoms with E-state index in [4.69, 9.17) is 11.6 Å². The molecule has 3 nitrogen and oxygen atoms in total. The van der Waals surface area contributed by atoms with Gasteiger partial charge in [-0.3, -0.25) is 4.90 Å². The summed E-state index contributed by atoms with van der Waals surface area (Å²) in [4.78, 5) is 6.76. The highest BCUT2D eigenvalue weighted by Crippen LogP contribution is 2.30. The van der Waals surface area contributed by atoms with Gasteiger partial charge in [0.15, 0.2) is 0 Å². The highest BCUT2D eigenvalue weighted by Gasteiger charge is 2.23. The number of nitrogens with one attached hydrogen (secondary N) is 1. The van der Waals surface area contributed by atoms with Gasteiger partial charge in [0.25, 0.3) is 0 Å². The summed E-state index contributed by atoms with van der Waals surface area (Å²) in [6.45, 7) is 6.57. The maximum absolute atomic E-state index is 6.26. The summed E-state index contributed by atoms with van der Waals surface area (Å²) in [5.74, 6) is 0. The molecule has 1 aliphatic heterocycles. The average Bonchev–Trinajstić information content (AvgIpc) is 2.42. The van der Waals surface area contributed by atoms with Crippen LogP contribution in [-0.4, -0.2) is 36.1 Å². The molecule has 1 saturated heterocycles. The van der Waals surface area contributed by atoms with Crippen LogP contribution >= 0.6 is 11.6 Å².